The van der Waals surface area contributed by atoms with Gasteiger partial charge in [-0.15, -0.1) is 31.5 Å². The minimum atomic E-state index is -4.06. The lowest BCUT2D eigenvalue weighted by Crippen LogP contribution is -2.30. The number of benzene rings is 7. The van der Waals surface area contributed by atoms with Gasteiger partial charge in [-0.25, -0.2) is 0 Å². The van der Waals surface area contributed by atoms with Crippen molar-refractivity contribution < 1.29 is 8.42 Å². The summed E-state index contributed by atoms with van der Waals surface area (Å²) in [5, 5.41) is 6.43. The predicted octanol–water partition coefficient (Wildman–Crippen LogP) is 13.2. The van der Waals surface area contributed by atoms with Crippen molar-refractivity contribution in [2.45, 2.75) is 38.5 Å². The summed E-state index contributed by atoms with van der Waals surface area (Å²) in [6, 6.07) is 56.0. The topological polar surface area (TPSA) is 65.3 Å². The number of nitrogens with zero attached hydrogens (tertiary/aromatic N) is 4. The van der Waals surface area contributed by atoms with Gasteiger partial charge in [0.1, 0.15) is 20.7 Å². The highest BCUT2D eigenvalue weighted by Gasteiger charge is 2.38. The number of anilines is 6. The number of fused-ring (bicyclic) bond motifs is 10. The van der Waals surface area contributed by atoms with Crippen LogP contribution in [0.4, 0.5) is 32.8 Å². The summed E-state index contributed by atoms with van der Waals surface area (Å²) in [6.45, 7) is 9.19. The van der Waals surface area contributed by atoms with Crippen LogP contribution in [0.15, 0.2) is 167 Å². The van der Waals surface area contributed by atoms with Gasteiger partial charge in [-0.2, -0.15) is 8.42 Å². The van der Waals surface area contributed by atoms with E-state index in [2.05, 4.69) is 204 Å². The highest BCUT2D eigenvalue weighted by atomic mass is 32.2. The van der Waals surface area contributed by atoms with Crippen LogP contribution in [0, 0.1) is 0 Å². The molecule has 61 heavy (non-hydrogen) atoms. The first kappa shape index (κ1) is 36.5. The van der Waals surface area contributed by atoms with Gasteiger partial charge in [-0.05, 0) is 105 Å². The summed E-state index contributed by atoms with van der Waals surface area (Å²) in [5.74, 6) is 0. The van der Waals surface area contributed by atoms with E-state index in [9.17, 15) is 8.42 Å². The molecule has 0 saturated carbocycles. The van der Waals surface area contributed by atoms with Gasteiger partial charge in [0, 0.05) is 31.4 Å². The Morgan fingerprint density at radius 3 is 1.13 bits per heavy atom. The predicted molar refractivity (Wildman–Crippen MR) is 253 cm³/mol. The zero-order valence-electron chi connectivity index (χ0n) is 33.8. The molecule has 0 unspecified atom stereocenters. The number of hydrogen-bond acceptors (Lipinski definition) is 6. The molecule has 6 nitrogen and oxygen atoms in total. The average Bonchev–Trinajstić information content (AvgIpc) is 4.03. The molecular formula is C52H38N4O2S3. The van der Waals surface area contributed by atoms with Crippen LogP contribution in [0.1, 0.15) is 49.9 Å². The van der Waals surface area contributed by atoms with Crippen LogP contribution in [0.3, 0.4) is 0 Å². The maximum atomic E-state index is 13.2. The Bertz CT molecular complexity index is 3270. The fourth-order valence-electron chi connectivity index (χ4n) is 9.97. The van der Waals surface area contributed by atoms with Gasteiger partial charge in [0.05, 0.1) is 22.7 Å². The Hall–Kier alpha value is -6.39. The van der Waals surface area contributed by atoms with Crippen molar-refractivity contribution in [1.29, 1.82) is 0 Å². The van der Waals surface area contributed by atoms with Gasteiger partial charge in [0.15, 0.2) is 0 Å². The summed E-state index contributed by atoms with van der Waals surface area (Å²) in [5.41, 5.74) is 11.6. The monoisotopic (exact) mass is 846 g/mol. The van der Waals surface area contributed by atoms with E-state index < -0.39 is 10.2 Å². The van der Waals surface area contributed by atoms with Gasteiger partial charge in [-0.3, -0.25) is 0 Å². The van der Waals surface area contributed by atoms with Gasteiger partial charge >= 0.3 is 10.2 Å². The molecule has 7 aromatic carbocycles. The summed E-state index contributed by atoms with van der Waals surface area (Å²) < 4.78 is 34.9. The van der Waals surface area contributed by atoms with Crippen LogP contribution in [0.25, 0.3) is 42.4 Å². The fraction of sp³-hybridized carbons (Fsp3) is 0.115. The number of para-hydroxylation sites is 4. The minimum Gasteiger partial charge on any atom is -0.301 e. The molecule has 0 atom stereocenters. The van der Waals surface area contributed by atoms with Crippen LogP contribution < -0.4 is 20.5 Å². The Labute approximate surface area is 362 Å². The zero-order valence-corrected chi connectivity index (χ0v) is 36.3. The molecule has 0 N–H and O–H groups in total. The third-order valence-electron chi connectivity index (χ3n) is 12.9. The maximum Gasteiger partial charge on any atom is 0.364 e. The maximum absolute atomic E-state index is 13.2. The first-order valence-electron chi connectivity index (χ1n) is 20.4. The molecule has 3 aliphatic rings. The van der Waals surface area contributed by atoms with E-state index in [1.165, 1.54) is 45.0 Å². The van der Waals surface area contributed by atoms with Gasteiger partial charge in [-0.1, -0.05) is 125 Å². The average molecular weight is 847 g/mol. The Morgan fingerprint density at radius 2 is 0.770 bits per heavy atom. The van der Waals surface area contributed by atoms with Crippen molar-refractivity contribution in [3.63, 3.8) is 0 Å². The molecule has 12 rings (SSSR count). The van der Waals surface area contributed by atoms with E-state index in [0.717, 1.165) is 52.4 Å². The molecule has 9 aromatic rings. The minimum absolute atomic E-state index is 0.141. The van der Waals surface area contributed by atoms with E-state index in [1.807, 2.05) is 0 Å². The molecule has 0 fully saturated rings. The van der Waals surface area contributed by atoms with Crippen molar-refractivity contribution in [2.24, 2.45) is 8.80 Å². The normalized spacial score (nSPS) is 16.3. The van der Waals surface area contributed by atoms with Crippen LogP contribution >= 0.6 is 22.7 Å². The lowest BCUT2D eigenvalue weighted by Gasteiger charge is -2.41. The first-order chi connectivity index (χ1) is 29.5. The number of rotatable bonds is 4. The molecule has 0 saturated heterocycles. The number of hydrogen-bond donors (Lipinski definition) is 0. The molecule has 296 valence electrons. The quantitative estimate of drug-likeness (QED) is 0.166. The molecule has 0 amide bonds. The van der Waals surface area contributed by atoms with Gasteiger partial charge < -0.3 is 9.80 Å². The molecule has 2 aromatic heterocycles. The Kier molecular flexibility index (Phi) is 7.66. The van der Waals surface area contributed by atoms with E-state index in [0.29, 0.717) is 10.7 Å². The van der Waals surface area contributed by atoms with Gasteiger partial charge in [0.25, 0.3) is 0 Å². The van der Waals surface area contributed by atoms with Crippen LogP contribution in [-0.4, -0.2) is 8.42 Å². The third-order valence-corrected chi connectivity index (χ3v) is 16.0. The second-order valence-corrected chi connectivity index (χ2v) is 20.5. The van der Waals surface area contributed by atoms with E-state index in [-0.39, 0.29) is 10.8 Å². The fourth-order valence-corrected chi connectivity index (χ4v) is 12.9. The Morgan fingerprint density at radius 1 is 0.426 bits per heavy atom. The molecule has 0 spiro atoms. The van der Waals surface area contributed by atoms with Crippen molar-refractivity contribution in [3.05, 3.63) is 191 Å². The highest BCUT2D eigenvalue weighted by molar-refractivity contribution is 7.88. The molecule has 0 bridgehead atoms. The van der Waals surface area contributed by atoms with Crippen molar-refractivity contribution in [2.75, 3.05) is 9.80 Å². The summed E-state index contributed by atoms with van der Waals surface area (Å²) in [7, 11) is -4.06. The SMILES string of the molecule is CC1(C)c2ccccc2N(c2ccc(-c3ccc4c(c3)c3c(c5cc(-c6ccc(N7c8ccccc8C(C)(C)c8ccccc87)s6)ccc54)=NS(=O)(=O)N=3)s2)c2ccccc21. The number of thiophene rings is 2. The molecule has 0 aliphatic carbocycles. The molecule has 3 aliphatic heterocycles. The van der Waals surface area contributed by atoms with Crippen LogP contribution in [-0.2, 0) is 21.0 Å². The largest absolute Gasteiger partial charge is 0.364 e. The smallest absolute Gasteiger partial charge is 0.301 e. The summed E-state index contributed by atoms with van der Waals surface area (Å²) in [6.07, 6.45) is 0. The second kappa shape index (κ2) is 12.8. The molecule has 0 radical (unpaired) electrons. The summed E-state index contributed by atoms with van der Waals surface area (Å²) >= 11 is 3.44. The highest BCUT2D eigenvalue weighted by Crippen LogP contribution is 2.55. The van der Waals surface area contributed by atoms with Crippen molar-refractivity contribution in [1.82, 2.24) is 0 Å². The van der Waals surface area contributed by atoms with E-state index >= 15 is 0 Å². The first-order valence-corrected chi connectivity index (χ1v) is 23.4. The second-order valence-electron chi connectivity index (χ2n) is 17.1. The Balaban J connectivity index is 0.956. The lowest BCUT2D eigenvalue weighted by molar-refractivity contribution is 0.599. The third kappa shape index (κ3) is 5.33. The lowest BCUT2D eigenvalue weighted by atomic mass is 9.74. The molecule has 5 heterocycles. The van der Waals surface area contributed by atoms with Crippen molar-refractivity contribution >= 4 is 87.2 Å². The standard InChI is InChI=1S/C52H38N4O2S3/c1-51(2)37-13-5-9-17-41(37)55(42-18-10-6-14-38(42)51)47-27-25-45(59-47)31-21-23-33-34-24-22-32(30-36(34)50-49(35(33)29-31)53-61(57,58)54-50)46-26-28-48(60-46)56-43-19-11-7-15-39(43)52(3,4)40-16-8-12-20-44(40)56/h5-30H,1-4H3. The molecule has 9 heteroatoms. The molecular weight excluding hydrogens is 809 g/mol. The van der Waals surface area contributed by atoms with Gasteiger partial charge in [0.2, 0.25) is 0 Å². The summed E-state index contributed by atoms with van der Waals surface area (Å²) in [4.78, 5) is 6.90. The van der Waals surface area contributed by atoms with Crippen LogP contribution in [0.5, 0.6) is 0 Å². The van der Waals surface area contributed by atoms with E-state index in [4.69, 9.17) is 0 Å². The van der Waals surface area contributed by atoms with Crippen LogP contribution in [0.2, 0.25) is 0 Å². The van der Waals surface area contributed by atoms with E-state index in [1.54, 1.807) is 22.7 Å². The zero-order chi connectivity index (χ0) is 41.4. The van der Waals surface area contributed by atoms with Crippen molar-refractivity contribution in [3.8, 4) is 20.9 Å².